The lowest BCUT2D eigenvalue weighted by molar-refractivity contribution is -0.384. The normalized spacial score (nSPS) is 16.9. The number of nitro benzene ring substituents is 1. The summed E-state index contributed by atoms with van der Waals surface area (Å²) in [6.07, 6.45) is 2.14. The second kappa shape index (κ2) is 7.18. The van der Waals surface area contributed by atoms with Gasteiger partial charge < -0.3 is 0 Å². The molecule has 0 saturated carbocycles. The third-order valence-electron chi connectivity index (χ3n) is 5.43. The first-order valence-corrected chi connectivity index (χ1v) is 11.1. The number of sulfonamides is 1. The van der Waals surface area contributed by atoms with Crippen molar-refractivity contribution >= 4 is 27.1 Å². The summed E-state index contributed by atoms with van der Waals surface area (Å²) in [6, 6.07) is 12.6. The highest BCUT2D eigenvalue weighted by atomic mass is 32.2. The van der Waals surface area contributed by atoms with Gasteiger partial charge in [-0.3, -0.25) is 18.9 Å². The van der Waals surface area contributed by atoms with E-state index in [4.69, 9.17) is 0 Å². The van der Waals surface area contributed by atoms with Crippen molar-refractivity contribution in [3.8, 4) is 0 Å². The molecule has 2 aromatic carbocycles. The number of benzene rings is 2. The van der Waals surface area contributed by atoms with Crippen LogP contribution in [0.5, 0.6) is 0 Å². The Hall–Kier alpha value is -2.45. The average Bonchev–Trinajstić information content (AvgIpc) is 3.00. The standard InChI is InChI=1S/C20H26N3O4S/c1-5-16-13-21(28(4,26)27)20-12-18(10-11-19(16)20)23(2,3)14-15-6-8-17(9-7-15)22(24)25/h6-12,16H,5,13-14H2,1-4H3/q+1. The average molecular weight is 405 g/mol. The van der Waals surface area contributed by atoms with Crippen LogP contribution in [0.1, 0.15) is 30.4 Å². The molecule has 0 N–H and O–H groups in total. The molecule has 1 unspecified atom stereocenters. The molecule has 0 aromatic heterocycles. The third kappa shape index (κ3) is 3.88. The predicted octanol–water partition coefficient (Wildman–Crippen LogP) is 3.64. The Kier molecular flexibility index (Phi) is 5.20. The van der Waals surface area contributed by atoms with Crippen molar-refractivity contribution in [3.63, 3.8) is 0 Å². The Labute approximate surface area is 166 Å². The Morgan fingerprint density at radius 2 is 1.82 bits per heavy atom. The monoisotopic (exact) mass is 404 g/mol. The van der Waals surface area contributed by atoms with Crippen LogP contribution in [0.25, 0.3) is 0 Å². The molecule has 2 aromatic rings. The number of hydrogen-bond donors (Lipinski definition) is 0. The van der Waals surface area contributed by atoms with E-state index in [-0.39, 0.29) is 11.6 Å². The molecule has 0 fully saturated rings. The van der Waals surface area contributed by atoms with Crippen molar-refractivity contribution in [3.05, 3.63) is 63.7 Å². The summed E-state index contributed by atoms with van der Waals surface area (Å²) in [5.41, 5.74) is 3.87. The molecule has 28 heavy (non-hydrogen) atoms. The van der Waals surface area contributed by atoms with Crippen molar-refractivity contribution < 1.29 is 13.3 Å². The fraction of sp³-hybridized carbons (Fsp3) is 0.400. The van der Waals surface area contributed by atoms with Gasteiger partial charge in [0.05, 0.1) is 31.0 Å². The van der Waals surface area contributed by atoms with Crippen LogP contribution in [0.2, 0.25) is 0 Å². The van der Waals surface area contributed by atoms with Crippen LogP contribution in [0, 0.1) is 10.1 Å². The van der Waals surface area contributed by atoms with E-state index >= 15 is 0 Å². The smallest absolute Gasteiger partial charge is 0.269 e. The Morgan fingerprint density at radius 1 is 1.18 bits per heavy atom. The zero-order valence-electron chi connectivity index (χ0n) is 16.6. The minimum Gasteiger partial charge on any atom is -0.292 e. The van der Waals surface area contributed by atoms with Crippen LogP contribution in [0.15, 0.2) is 42.5 Å². The van der Waals surface area contributed by atoms with E-state index in [1.165, 1.54) is 22.7 Å². The summed E-state index contributed by atoms with van der Waals surface area (Å²) < 4.78 is 26.5. The number of fused-ring (bicyclic) bond motifs is 1. The van der Waals surface area contributed by atoms with Crippen LogP contribution in [0.3, 0.4) is 0 Å². The molecular weight excluding hydrogens is 378 g/mol. The van der Waals surface area contributed by atoms with Crippen molar-refractivity contribution in [2.24, 2.45) is 0 Å². The first-order valence-electron chi connectivity index (χ1n) is 9.21. The van der Waals surface area contributed by atoms with Gasteiger partial charge in [-0.05, 0) is 30.2 Å². The highest BCUT2D eigenvalue weighted by molar-refractivity contribution is 7.92. The van der Waals surface area contributed by atoms with E-state index in [0.717, 1.165) is 28.9 Å². The van der Waals surface area contributed by atoms with Crippen molar-refractivity contribution in [2.75, 3.05) is 31.2 Å². The SMILES string of the molecule is CCC1CN(S(C)(=O)=O)c2cc([N+](C)(C)Cc3ccc([N+](=O)[O-])cc3)ccc21. The molecule has 1 aliphatic heterocycles. The van der Waals surface area contributed by atoms with Gasteiger partial charge in [0.2, 0.25) is 10.0 Å². The molecule has 8 heteroatoms. The van der Waals surface area contributed by atoms with Crippen molar-refractivity contribution in [1.29, 1.82) is 0 Å². The first-order chi connectivity index (χ1) is 13.0. The molecule has 0 saturated heterocycles. The minimum atomic E-state index is -3.33. The van der Waals surface area contributed by atoms with Gasteiger partial charge in [-0.1, -0.05) is 13.0 Å². The van der Waals surface area contributed by atoms with Crippen LogP contribution in [-0.4, -0.2) is 40.2 Å². The number of anilines is 1. The van der Waals surface area contributed by atoms with Gasteiger partial charge in [-0.15, -0.1) is 0 Å². The maximum Gasteiger partial charge on any atom is 0.269 e. The van der Waals surface area contributed by atoms with Gasteiger partial charge in [-0.25, -0.2) is 8.42 Å². The molecule has 0 spiro atoms. The van der Waals surface area contributed by atoms with Crippen LogP contribution < -0.4 is 8.79 Å². The molecule has 3 rings (SSSR count). The highest BCUT2D eigenvalue weighted by Gasteiger charge is 2.34. The van der Waals surface area contributed by atoms with E-state index in [2.05, 4.69) is 13.0 Å². The number of nitro groups is 1. The summed E-state index contributed by atoms with van der Waals surface area (Å²) in [7, 11) is 0.753. The number of hydrogen-bond acceptors (Lipinski definition) is 4. The Bertz CT molecular complexity index is 1000. The lowest BCUT2D eigenvalue weighted by Gasteiger charge is -2.30. The summed E-state index contributed by atoms with van der Waals surface area (Å²) in [6.45, 7) is 3.19. The van der Waals surface area contributed by atoms with E-state index in [9.17, 15) is 18.5 Å². The van der Waals surface area contributed by atoms with Gasteiger partial charge in [0.1, 0.15) is 12.2 Å². The maximum absolute atomic E-state index is 12.3. The van der Waals surface area contributed by atoms with Crippen molar-refractivity contribution in [2.45, 2.75) is 25.8 Å². The Balaban J connectivity index is 1.93. The van der Waals surface area contributed by atoms with Gasteiger partial charge in [-0.2, -0.15) is 0 Å². The van der Waals surface area contributed by atoms with Crippen LogP contribution in [0.4, 0.5) is 17.1 Å². The highest BCUT2D eigenvalue weighted by Crippen LogP contribution is 2.42. The second-order valence-corrected chi connectivity index (χ2v) is 9.82. The summed E-state index contributed by atoms with van der Waals surface area (Å²) >= 11 is 0. The maximum atomic E-state index is 12.3. The first kappa shape index (κ1) is 20.3. The lowest BCUT2D eigenvalue weighted by Crippen LogP contribution is -2.39. The molecule has 1 aliphatic rings. The molecule has 0 aliphatic carbocycles. The van der Waals surface area contributed by atoms with Crippen LogP contribution in [-0.2, 0) is 16.6 Å². The zero-order valence-corrected chi connectivity index (χ0v) is 17.4. The molecule has 0 bridgehead atoms. The Morgan fingerprint density at radius 3 is 2.36 bits per heavy atom. The number of rotatable bonds is 6. The molecule has 0 radical (unpaired) electrons. The topological polar surface area (TPSA) is 80.5 Å². The zero-order chi connectivity index (χ0) is 20.7. The molecular formula is C20H26N3O4S+. The molecule has 1 atom stereocenters. The van der Waals surface area contributed by atoms with E-state index in [0.29, 0.717) is 17.6 Å². The third-order valence-corrected chi connectivity index (χ3v) is 6.57. The number of nitrogens with zero attached hydrogens (tertiary/aromatic N) is 3. The molecule has 150 valence electrons. The summed E-state index contributed by atoms with van der Waals surface area (Å²) in [4.78, 5) is 10.4. The molecule has 7 nitrogen and oxygen atoms in total. The molecule has 0 amide bonds. The van der Waals surface area contributed by atoms with Gasteiger partial charge in [0, 0.05) is 36.2 Å². The lowest BCUT2D eigenvalue weighted by atomic mass is 9.98. The van der Waals surface area contributed by atoms with Crippen molar-refractivity contribution in [1.82, 2.24) is 4.48 Å². The summed E-state index contributed by atoms with van der Waals surface area (Å²) in [5, 5.41) is 10.8. The van der Waals surface area contributed by atoms with Crippen LogP contribution >= 0.6 is 0 Å². The van der Waals surface area contributed by atoms with E-state index in [1.54, 1.807) is 12.1 Å². The molecule has 1 heterocycles. The second-order valence-electron chi connectivity index (χ2n) is 7.91. The largest absolute Gasteiger partial charge is 0.292 e. The quantitative estimate of drug-likeness (QED) is 0.418. The predicted molar refractivity (Wildman–Crippen MR) is 112 cm³/mol. The fourth-order valence-corrected chi connectivity index (χ4v) is 4.77. The fourth-order valence-electron chi connectivity index (χ4n) is 3.80. The van der Waals surface area contributed by atoms with Gasteiger partial charge >= 0.3 is 0 Å². The summed E-state index contributed by atoms with van der Waals surface area (Å²) in [5.74, 6) is 0.212. The van der Waals surface area contributed by atoms with E-state index in [1.807, 2.05) is 26.2 Å². The van der Waals surface area contributed by atoms with Gasteiger partial charge in [0.15, 0.2) is 0 Å². The number of quaternary nitrogens is 1. The minimum absolute atomic E-state index is 0.0704. The van der Waals surface area contributed by atoms with E-state index < -0.39 is 14.9 Å². The van der Waals surface area contributed by atoms with Gasteiger partial charge in [0.25, 0.3) is 5.69 Å². The number of non-ortho nitro benzene ring substituents is 1.